The summed E-state index contributed by atoms with van der Waals surface area (Å²) in [7, 11) is 0. The van der Waals surface area contributed by atoms with E-state index in [-0.39, 0.29) is 0 Å². The first-order valence-corrected chi connectivity index (χ1v) is 8.00. The number of halogens is 1. The third kappa shape index (κ3) is 4.96. The first-order valence-electron chi connectivity index (χ1n) is 6.47. The van der Waals surface area contributed by atoms with Crippen molar-refractivity contribution in [2.45, 2.75) is 11.5 Å². The fourth-order valence-corrected chi connectivity index (χ4v) is 3.21. The lowest BCUT2D eigenvalue weighted by molar-refractivity contribution is -0.131. The third-order valence-electron chi connectivity index (χ3n) is 2.93. The maximum Gasteiger partial charge on any atom is 0.328 e. The van der Waals surface area contributed by atoms with E-state index in [1.165, 1.54) is 0 Å². The Morgan fingerprint density at radius 3 is 2.38 bits per heavy atom. The average molecular weight is 319 g/mol. The van der Waals surface area contributed by atoms with E-state index < -0.39 is 5.97 Å². The lowest BCUT2D eigenvalue weighted by atomic mass is 10.1. The number of hydrogen-bond donors (Lipinski definition) is 1. The highest BCUT2D eigenvalue weighted by molar-refractivity contribution is 7.97. The highest BCUT2D eigenvalue weighted by Crippen LogP contribution is 2.24. The van der Waals surface area contributed by atoms with E-state index in [4.69, 9.17) is 16.7 Å². The highest BCUT2D eigenvalue weighted by atomic mass is 35.5. The van der Waals surface area contributed by atoms with Gasteiger partial charge in [0.1, 0.15) is 0 Å². The maximum absolute atomic E-state index is 10.6. The van der Waals surface area contributed by atoms with Gasteiger partial charge in [-0.2, -0.15) is 11.8 Å². The standard InChI is InChI=1S/C17H15ClO2S/c18-16-8-4-3-7-15(16)12-21-11-14-6-2-1-5-13(14)9-10-17(19)20/h1-10H,11-12H2,(H,19,20)/b10-9+. The van der Waals surface area contributed by atoms with Gasteiger partial charge in [-0.15, -0.1) is 0 Å². The molecule has 0 unspecified atom stereocenters. The van der Waals surface area contributed by atoms with E-state index in [2.05, 4.69) is 0 Å². The van der Waals surface area contributed by atoms with Gasteiger partial charge in [-0.05, 0) is 28.8 Å². The molecule has 0 heterocycles. The van der Waals surface area contributed by atoms with Crippen molar-refractivity contribution in [1.82, 2.24) is 0 Å². The molecule has 0 saturated heterocycles. The first kappa shape index (κ1) is 15.7. The van der Waals surface area contributed by atoms with Crippen LogP contribution in [0.4, 0.5) is 0 Å². The molecule has 0 spiro atoms. The van der Waals surface area contributed by atoms with Gasteiger partial charge in [0.05, 0.1) is 0 Å². The Kier molecular flexibility index (Phi) is 5.90. The molecule has 0 fully saturated rings. The van der Waals surface area contributed by atoms with Gasteiger partial charge in [-0.1, -0.05) is 54.1 Å². The van der Waals surface area contributed by atoms with Gasteiger partial charge < -0.3 is 5.11 Å². The lowest BCUT2D eigenvalue weighted by Gasteiger charge is -2.07. The molecule has 0 radical (unpaired) electrons. The smallest absolute Gasteiger partial charge is 0.328 e. The van der Waals surface area contributed by atoms with Crippen LogP contribution in [-0.4, -0.2) is 11.1 Å². The van der Waals surface area contributed by atoms with Crippen LogP contribution >= 0.6 is 23.4 Å². The van der Waals surface area contributed by atoms with Crippen LogP contribution in [0, 0.1) is 0 Å². The van der Waals surface area contributed by atoms with E-state index in [0.717, 1.165) is 39.3 Å². The summed E-state index contributed by atoms with van der Waals surface area (Å²) in [4.78, 5) is 10.6. The summed E-state index contributed by atoms with van der Waals surface area (Å²) >= 11 is 7.89. The number of aliphatic carboxylic acids is 1. The quantitative estimate of drug-likeness (QED) is 0.772. The van der Waals surface area contributed by atoms with Crippen molar-refractivity contribution < 1.29 is 9.90 Å². The second kappa shape index (κ2) is 7.91. The van der Waals surface area contributed by atoms with Crippen molar-refractivity contribution in [3.05, 3.63) is 76.3 Å². The summed E-state index contributed by atoms with van der Waals surface area (Å²) < 4.78 is 0. The Labute approximate surface area is 133 Å². The number of hydrogen-bond acceptors (Lipinski definition) is 2. The predicted octanol–water partition coefficient (Wildman–Crippen LogP) is 4.87. The fourth-order valence-electron chi connectivity index (χ4n) is 1.88. The number of rotatable bonds is 6. The number of thioether (sulfide) groups is 1. The van der Waals surface area contributed by atoms with Crippen LogP contribution in [-0.2, 0) is 16.3 Å². The lowest BCUT2D eigenvalue weighted by Crippen LogP contribution is -1.90. The van der Waals surface area contributed by atoms with Gasteiger partial charge >= 0.3 is 5.97 Å². The first-order chi connectivity index (χ1) is 10.2. The molecule has 108 valence electrons. The van der Waals surface area contributed by atoms with Crippen molar-refractivity contribution in [3.63, 3.8) is 0 Å². The van der Waals surface area contributed by atoms with Crippen molar-refractivity contribution >= 4 is 35.4 Å². The Morgan fingerprint density at radius 1 is 1.05 bits per heavy atom. The molecular weight excluding hydrogens is 304 g/mol. The van der Waals surface area contributed by atoms with Crippen molar-refractivity contribution in [2.24, 2.45) is 0 Å². The molecule has 0 aliphatic rings. The van der Waals surface area contributed by atoms with Gasteiger partial charge in [0.15, 0.2) is 0 Å². The molecule has 2 aromatic rings. The van der Waals surface area contributed by atoms with Crippen molar-refractivity contribution in [1.29, 1.82) is 0 Å². The van der Waals surface area contributed by atoms with Gasteiger partial charge in [-0.25, -0.2) is 4.79 Å². The molecule has 0 aliphatic carbocycles. The van der Waals surface area contributed by atoms with E-state index >= 15 is 0 Å². The Bertz CT molecular complexity index is 653. The molecule has 1 N–H and O–H groups in total. The molecule has 2 aromatic carbocycles. The van der Waals surface area contributed by atoms with Gasteiger partial charge in [-0.3, -0.25) is 0 Å². The molecular formula is C17H15ClO2S. The minimum absolute atomic E-state index is 0.782. The van der Waals surface area contributed by atoms with Crippen molar-refractivity contribution in [3.8, 4) is 0 Å². The molecule has 0 aliphatic heterocycles. The van der Waals surface area contributed by atoms with Crippen molar-refractivity contribution in [2.75, 3.05) is 0 Å². The normalized spacial score (nSPS) is 10.9. The van der Waals surface area contributed by atoms with Gasteiger partial charge in [0.2, 0.25) is 0 Å². The van der Waals surface area contributed by atoms with Crippen LogP contribution in [0.3, 0.4) is 0 Å². The molecule has 21 heavy (non-hydrogen) atoms. The molecule has 2 nitrogen and oxygen atoms in total. The molecule has 4 heteroatoms. The Morgan fingerprint density at radius 2 is 1.67 bits per heavy atom. The Balaban J connectivity index is 2.00. The average Bonchev–Trinajstić information content (AvgIpc) is 2.48. The molecule has 0 atom stereocenters. The third-order valence-corrected chi connectivity index (χ3v) is 4.33. The fraction of sp³-hybridized carbons (Fsp3) is 0.118. The summed E-state index contributed by atoms with van der Waals surface area (Å²) in [5, 5.41) is 9.50. The maximum atomic E-state index is 10.6. The molecule has 0 saturated carbocycles. The molecule has 0 aromatic heterocycles. The topological polar surface area (TPSA) is 37.3 Å². The summed E-state index contributed by atoms with van der Waals surface area (Å²) in [5.41, 5.74) is 3.17. The zero-order valence-electron chi connectivity index (χ0n) is 11.3. The SMILES string of the molecule is O=C(O)/C=C/c1ccccc1CSCc1ccccc1Cl. The second-order valence-electron chi connectivity index (χ2n) is 4.45. The van der Waals surface area contributed by atoms with E-state index in [9.17, 15) is 4.79 Å². The van der Waals surface area contributed by atoms with E-state index in [1.807, 2.05) is 48.5 Å². The van der Waals surface area contributed by atoms with E-state index in [1.54, 1.807) is 17.8 Å². The number of carboxylic acids is 1. The zero-order chi connectivity index (χ0) is 15.1. The van der Waals surface area contributed by atoms with Crippen LogP contribution in [0.5, 0.6) is 0 Å². The molecule has 0 bridgehead atoms. The summed E-state index contributed by atoms with van der Waals surface area (Å²) in [6, 6.07) is 15.6. The summed E-state index contributed by atoms with van der Waals surface area (Å²) in [5.74, 6) is 0.704. The molecule has 2 rings (SSSR count). The van der Waals surface area contributed by atoms with Gasteiger partial charge in [0, 0.05) is 22.6 Å². The number of benzene rings is 2. The van der Waals surface area contributed by atoms with Crippen LogP contribution in [0.2, 0.25) is 5.02 Å². The minimum atomic E-state index is -0.937. The monoisotopic (exact) mass is 318 g/mol. The Hall–Kier alpha value is -1.71. The van der Waals surface area contributed by atoms with Crippen LogP contribution in [0.15, 0.2) is 54.6 Å². The summed E-state index contributed by atoms with van der Waals surface area (Å²) in [6.07, 6.45) is 2.80. The highest BCUT2D eigenvalue weighted by Gasteiger charge is 2.02. The second-order valence-corrected chi connectivity index (χ2v) is 5.85. The number of carboxylic acid groups (broad SMARTS) is 1. The molecule has 0 amide bonds. The summed E-state index contributed by atoms with van der Waals surface area (Å²) in [6.45, 7) is 0. The van der Waals surface area contributed by atoms with Crippen LogP contribution < -0.4 is 0 Å². The van der Waals surface area contributed by atoms with E-state index in [0.29, 0.717) is 0 Å². The number of carbonyl (C=O) groups is 1. The largest absolute Gasteiger partial charge is 0.478 e. The van der Waals surface area contributed by atoms with Crippen LogP contribution in [0.1, 0.15) is 16.7 Å². The minimum Gasteiger partial charge on any atom is -0.478 e. The van der Waals surface area contributed by atoms with Gasteiger partial charge in [0.25, 0.3) is 0 Å². The van der Waals surface area contributed by atoms with Crippen LogP contribution in [0.25, 0.3) is 6.08 Å². The predicted molar refractivity (Wildman–Crippen MR) is 89.6 cm³/mol. The zero-order valence-corrected chi connectivity index (χ0v) is 12.9.